The van der Waals surface area contributed by atoms with Gasteiger partial charge in [0.15, 0.2) is 0 Å². The largest absolute Gasteiger partial charge is 0.478 e. The maximum atomic E-state index is 11.8. The number of hydrogen-bond donors (Lipinski definition) is 2. The van der Waals surface area contributed by atoms with Crippen molar-refractivity contribution in [3.8, 4) is 0 Å². The second-order valence-corrected chi connectivity index (χ2v) is 8.06. The van der Waals surface area contributed by atoms with Gasteiger partial charge in [0.1, 0.15) is 11.4 Å². The quantitative estimate of drug-likeness (QED) is 0.623. The number of aromatic nitrogens is 2. The smallest absolute Gasteiger partial charge is 0.339 e. The molecule has 1 aliphatic carbocycles. The van der Waals surface area contributed by atoms with Crippen LogP contribution in [-0.2, 0) is 11.3 Å². The van der Waals surface area contributed by atoms with Crippen molar-refractivity contribution < 1.29 is 14.6 Å². The maximum absolute atomic E-state index is 11.8. The average Bonchev–Trinajstić information content (AvgIpc) is 3.51. The van der Waals surface area contributed by atoms with Crippen LogP contribution in [0.25, 0.3) is 10.9 Å². The van der Waals surface area contributed by atoms with Crippen LogP contribution in [-0.4, -0.2) is 33.3 Å². The van der Waals surface area contributed by atoms with E-state index in [2.05, 4.69) is 33.2 Å². The highest BCUT2D eigenvalue weighted by Gasteiger charge is 2.26. The van der Waals surface area contributed by atoms with Crippen LogP contribution in [0.5, 0.6) is 0 Å². The van der Waals surface area contributed by atoms with Crippen molar-refractivity contribution in [2.45, 2.75) is 50.7 Å². The molecule has 2 N–H and O–H groups in total. The lowest BCUT2D eigenvalue weighted by atomic mass is 10.1. The number of carboxylic acids is 1. The van der Waals surface area contributed by atoms with Crippen molar-refractivity contribution >= 4 is 28.4 Å². The van der Waals surface area contributed by atoms with E-state index in [-0.39, 0.29) is 11.7 Å². The number of carbonyl (C=O) groups is 1. The third kappa shape index (κ3) is 3.72. The molecular weight excluding hydrogens is 366 g/mol. The highest BCUT2D eigenvalue weighted by molar-refractivity contribution is 5.98. The lowest BCUT2D eigenvalue weighted by molar-refractivity contribution is 0.00670. The Morgan fingerprint density at radius 3 is 2.90 bits per heavy atom. The molecule has 29 heavy (non-hydrogen) atoms. The first kappa shape index (κ1) is 18.2. The summed E-state index contributed by atoms with van der Waals surface area (Å²) in [7, 11) is 0. The predicted octanol–water partition coefficient (Wildman–Crippen LogP) is 4.92. The number of rotatable bonds is 6. The Morgan fingerprint density at radius 1 is 1.24 bits per heavy atom. The van der Waals surface area contributed by atoms with Gasteiger partial charge in [-0.05, 0) is 67.9 Å². The van der Waals surface area contributed by atoms with Gasteiger partial charge in [0.2, 0.25) is 0 Å². The highest BCUT2D eigenvalue weighted by Crippen LogP contribution is 2.40. The lowest BCUT2D eigenvalue weighted by Crippen LogP contribution is -2.24. The summed E-state index contributed by atoms with van der Waals surface area (Å²) in [5.74, 6) is -0.103. The molecule has 1 atom stereocenters. The Balaban J connectivity index is 1.44. The van der Waals surface area contributed by atoms with Gasteiger partial charge in [-0.3, -0.25) is 0 Å². The normalized spacial score (nSPS) is 19.4. The van der Waals surface area contributed by atoms with Crippen LogP contribution in [0.2, 0.25) is 0 Å². The molecular formula is C23H25N3O3. The fraction of sp³-hybridized carbons (Fsp3) is 0.391. The average molecular weight is 391 g/mol. The lowest BCUT2D eigenvalue weighted by Gasteiger charge is -2.23. The highest BCUT2D eigenvalue weighted by atomic mass is 16.5. The molecule has 6 nitrogen and oxygen atoms in total. The van der Waals surface area contributed by atoms with Crippen LogP contribution in [0, 0.1) is 0 Å². The number of fused-ring (bicyclic) bond motifs is 1. The Kier molecular flexibility index (Phi) is 4.72. The van der Waals surface area contributed by atoms with E-state index >= 15 is 0 Å². The molecule has 1 aliphatic heterocycles. The van der Waals surface area contributed by atoms with E-state index in [9.17, 15) is 9.90 Å². The SMILES string of the molecule is O=C(O)c1cc(C2CC2)cnc1Nc1cccc2c1ccn2CC1CCCCO1. The number of anilines is 2. The van der Waals surface area contributed by atoms with Crippen LogP contribution in [0.4, 0.5) is 11.5 Å². The van der Waals surface area contributed by atoms with E-state index in [1.807, 2.05) is 12.1 Å². The first-order valence-electron chi connectivity index (χ1n) is 10.4. The van der Waals surface area contributed by atoms with Crippen LogP contribution in [0.3, 0.4) is 0 Å². The van der Waals surface area contributed by atoms with E-state index in [0.29, 0.717) is 11.7 Å². The molecule has 3 aromatic rings. The molecule has 0 bridgehead atoms. The molecule has 2 aromatic heterocycles. The molecule has 5 rings (SSSR count). The van der Waals surface area contributed by atoms with Gasteiger partial charge in [0, 0.05) is 36.6 Å². The van der Waals surface area contributed by atoms with Gasteiger partial charge < -0.3 is 19.7 Å². The van der Waals surface area contributed by atoms with Gasteiger partial charge in [-0.2, -0.15) is 0 Å². The van der Waals surface area contributed by atoms with Gasteiger partial charge in [0.05, 0.1) is 11.6 Å². The molecule has 2 aliphatic rings. The van der Waals surface area contributed by atoms with E-state index in [1.165, 1.54) is 6.42 Å². The first-order chi connectivity index (χ1) is 14.2. The molecule has 3 heterocycles. The van der Waals surface area contributed by atoms with Gasteiger partial charge >= 0.3 is 5.97 Å². The number of nitrogens with zero attached hydrogens (tertiary/aromatic N) is 2. The second-order valence-electron chi connectivity index (χ2n) is 8.06. The summed E-state index contributed by atoms with van der Waals surface area (Å²) in [6.45, 7) is 1.68. The molecule has 2 fully saturated rings. The van der Waals surface area contributed by atoms with E-state index in [1.54, 1.807) is 12.3 Å². The zero-order valence-electron chi connectivity index (χ0n) is 16.3. The molecule has 1 aromatic carbocycles. The summed E-state index contributed by atoms with van der Waals surface area (Å²) in [6.07, 6.45) is 9.83. The molecule has 1 unspecified atom stereocenters. The van der Waals surface area contributed by atoms with Crippen molar-refractivity contribution in [3.63, 3.8) is 0 Å². The number of ether oxygens (including phenoxy) is 1. The van der Waals surface area contributed by atoms with Crippen LogP contribution in [0.15, 0.2) is 42.7 Å². The van der Waals surface area contributed by atoms with Crippen LogP contribution >= 0.6 is 0 Å². The Hall–Kier alpha value is -2.86. The predicted molar refractivity (Wildman–Crippen MR) is 112 cm³/mol. The Bertz CT molecular complexity index is 1050. The molecule has 150 valence electrons. The van der Waals surface area contributed by atoms with Crippen molar-refractivity contribution in [1.29, 1.82) is 0 Å². The minimum atomic E-state index is -0.957. The van der Waals surface area contributed by atoms with Crippen molar-refractivity contribution in [1.82, 2.24) is 9.55 Å². The van der Waals surface area contributed by atoms with Crippen LogP contribution < -0.4 is 5.32 Å². The van der Waals surface area contributed by atoms with E-state index in [4.69, 9.17) is 4.74 Å². The van der Waals surface area contributed by atoms with Gasteiger partial charge in [-0.1, -0.05) is 6.07 Å². The van der Waals surface area contributed by atoms with Gasteiger partial charge in [-0.15, -0.1) is 0 Å². The van der Waals surface area contributed by atoms with Crippen molar-refractivity contribution in [2.75, 3.05) is 11.9 Å². The summed E-state index contributed by atoms with van der Waals surface area (Å²) >= 11 is 0. The van der Waals surface area contributed by atoms with E-state index < -0.39 is 5.97 Å². The number of pyridine rings is 1. The fourth-order valence-corrected chi connectivity index (χ4v) is 4.17. The minimum absolute atomic E-state index is 0.224. The first-order valence-corrected chi connectivity index (χ1v) is 10.4. The second kappa shape index (κ2) is 7.52. The van der Waals surface area contributed by atoms with Gasteiger partial charge in [0.25, 0.3) is 0 Å². The molecule has 0 radical (unpaired) electrons. The Labute approximate surface area is 169 Å². The zero-order valence-corrected chi connectivity index (χ0v) is 16.3. The summed E-state index contributed by atoms with van der Waals surface area (Å²) in [6, 6.07) is 9.87. The molecule has 6 heteroatoms. The molecule has 0 amide bonds. The van der Waals surface area contributed by atoms with Gasteiger partial charge in [-0.25, -0.2) is 9.78 Å². The monoisotopic (exact) mass is 391 g/mol. The maximum Gasteiger partial charge on any atom is 0.339 e. The summed E-state index contributed by atoms with van der Waals surface area (Å²) in [5, 5.41) is 14.0. The van der Waals surface area contributed by atoms with Crippen molar-refractivity contribution in [3.05, 3.63) is 53.9 Å². The van der Waals surface area contributed by atoms with E-state index in [0.717, 1.165) is 61.0 Å². The zero-order chi connectivity index (χ0) is 19.8. The minimum Gasteiger partial charge on any atom is -0.478 e. The third-order valence-corrected chi connectivity index (χ3v) is 5.93. The summed E-state index contributed by atoms with van der Waals surface area (Å²) in [4.78, 5) is 16.2. The third-order valence-electron chi connectivity index (χ3n) is 5.93. The molecule has 0 spiro atoms. The standard InChI is InChI=1S/C23H25N3O3/c27-23(28)19-12-16(15-7-8-15)13-24-22(19)25-20-5-3-6-21-18(20)9-10-26(21)14-17-4-1-2-11-29-17/h3,5-6,9-10,12-13,15,17H,1-2,4,7-8,11,14H2,(H,24,25)(H,27,28). The fourth-order valence-electron chi connectivity index (χ4n) is 4.17. The van der Waals surface area contributed by atoms with Crippen molar-refractivity contribution in [2.24, 2.45) is 0 Å². The topological polar surface area (TPSA) is 76.4 Å². The van der Waals surface area contributed by atoms with Crippen LogP contribution in [0.1, 0.15) is 53.9 Å². The Morgan fingerprint density at radius 2 is 2.14 bits per heavy atom. The number of nitrogens with one attached hydrogen (secondary N) is 1. The number of aromatic carboxylic acids is 1. The number of carboxylic acid groups (broad SMARTS) is 1. The molecule has 1 saturated carbocycles. The summed E-state index contributed by atoms with van der Waals surface area (Å²) in [5.41, 5.74) is 3.21. The molecule has 1 saturated heterocycles. The number of hydrogen-bond acceptors (Lipinski definition) is 4. The summed E-state index contributed by atoms with van der Waals surface area (Å²) < 4.78 is 8.11. The number of benzene rings is 1.